The molecule has 0 radical (unpaired) electrons. The van der Waals surface area contributed by atoms with Crippen LogP contribution in [0.4, 0.5) is 15.8 Å². The number of halogens is 1. The minimum absolute atomic E-state index is 0.0289. The summed E-state index contributed by atoms with van der Waals surface area (Å²) in [5.74, 6) is 0.132. The lowest BCUT2D eigenvalue weighted by atomic mass is 10.1. The Hall–Kier alpha value is -3.95. The van der Waals surface area contributed by atoms with Gasteiger partial charge in [0.05, 0.1) is 18.8 Å². The molecule has 2 aromatic carbocycles. The number of benzene rings is 2. The van der Waals surface area contributed by atoms with E-state index in [0.717, 1.165) is 11.3 Å². The van der Waals surface area contributed by atoms with E-state index < -0.39 is 18.1 Å². The number of nitrogens with one attached hydrogen (secondary N) is 2. The largest absolute Gasteiger partial charge is 0.489 e. The predicted octanol–water partition coefficient (Wildman–Crippen LogP) is 1.71. The quantitative estimate of drug-likeness (QED) is 0.614. The molecule has 33 heavy (non-hydrogen) atoms. The molecule has 0 saturated carbocycles. The van der Waals surface area contributed by atoms with E-state index in [9.17, 15) is 14.0 Å². The molecule has 1 aromatic heterocycles. The molecule has 3 heterocycles. The average molecular weight is 450 g/mol. The van der Waals surface area contributed by atoms with Gasteiger partial charge in [-0.3, -0.25) is 14.7 Å². The summed E-state index contributed by atoms with van der Waals surface area (Å²) in [4.78, 5) is 33.3. The number of hydrogen-bond acceptors (Lipinski definition) is 6. The van der Waals surface area contributed by atoms with Crippen molar-refractivity contribution >= 4 is 23.2 Å². The number of fused-ring (bicyclic) bond motifs is 1. The van der Waals surface area contributed by atoms with Gasteiger partial charge in [0.25, 0.3) is 11.8 Å². The maximum atomic E-state index is 13.2. The lowest BCUT2D eigenvalue weighted by Gasteiger charge is -2.37. The number of likely N-dealkylation sites (N-methyl/N-ethyl adjacent to an activating group) is 1. The number of rotatable bonds is 5. The van der Waals surface area contributed by atoms with Gasteiger partial charge in [-0.1, -0.05) is 30.3 Å². The van der Waals surface area contributed by atoms with Crippen molar-refractivity contribution in [3.63, 3.8) is 0 Å². The molecule has 170 valence electrons. The van der Waals surface area contributed by atoms with Gasteiger partial charge in [0.15, 0.2) is 0 Å². The van der Waals surface area contributed by atoms with E-state index >= 15 is 0 Å². The van der Waals surface area contributed by atoms with Gasteiger partial charge in [-0.15, -0.1) is 5.10 Å². The monoisotopic (exact) mass is 450 g/mol. The lowest BCUT2D eigenvalue weighted by Crippen LogP contribution is -2.49. The fraction of sp³-hybridized carbons (Fsp3) is 0.304. The molecule has 1 atom stereocenters. The first-order valence-electron chi connectivity index (χ1n) is 10.7. The molecule has 2 aliphatic heterocycles. The van der Waals surface area contributed by atoms with Crippen LogP contribution in [0.2, 0.25) is 0 Å². The fourth-order valence-electron chi connectivity index (χ4n) is 3.91. The lowest BCUT2D eigenvalue weighted by molar-refractivity contribution is -0.120. The predicted molar refractivity (Wildman–Crippen MR) is 119 cm³/mol. The average Bonchev–Trinajstić information content (AvgIpc) is 3.24. The summed E-state index contributed by atoms with van der Waals surface area (Å²) >= 11 is 0. The summed E-state index contributed by atoms with van der Waals surface area (Å²) in [5, 5.41) is 9.43. The number of carbonyl (C=O) groups excluding carboxylic acids is 2. The van der Waals surface area contributed by atoms with Crippen LogP contribution in [0.25, 0.3) is 0 Å². The highest BCUT2D eigenvalue weighted by Crippen LogP contribution is 2.36. The molecule has 9 nitrogen and oxygen atoms in total. The number of H-pyrrole nitrogens is 1. The van der Waals surface area contributed by atoms with E-state index in [2.05, 4.69) is 20.5 Å². The normalized spacial score (nSPS) is 18.2. The highest BCUT2D eigenvalue weighted by molar-refractivity contribution is 6.02. The van der Waals surface area contributed by atoms with Crippen LogP contribution >= 0.6 is 0 Å². The number of anilines is 2. The fourth-order valence-corrected chi connectivity index (χ4v) is 3.91. The van der Waals surface area contributed by atoms with Crippen LogP contribution in [0.5, 0.6) is 5.75 Å². The zero-order valence-electron chi connectivity index (χ0n) is 18.0. The Morgan fingerprint density at radius 2 is 2.03 bits per heavy atom. The van der Waals surface area contributed by atoms with Crippen LogP contribution < -0.4 is 19.9 Å². The zero-order valence-corrected chi connectivity index (χ0v) is 18.0. The SMILES string of the molecule is CN1C(=O)[C@@H](NC(=O)c2n[nH]c(Cc3ccccc3)n2)COc2ccc(N3CC(F)C3)cc21. The van der Waals surface area contributed by atoms with E-state index in [4.69, 9.17) is 4.74 Å². The van der Waals surface area contributed by atoms with E-state index in [0.29, 0.717) is 36.8 Å². The van der Waals surface area contributed by atoms with Crippen molar-refractivity contribution in [3.8, 4) is 5.75 Å². The maximum Gasteiger partial charge on any atom is 0.291 e. The number of carbonyl (C=O) groups is 2. The molecular formula is C23H23FN6O3. The Labute approximate surface area is 189 Å². The van der Waals surface area contributed by atoms with Crippen molar-refractivity contribution in [1.29, 1.82) is 0 Å². The minimum Gasteiger partial charge on any atom is -0.489 e. The Morgan fingerprint density at radius 3 is 2.79 bits per heavy atom. The van der Waals surface area contributed by atoms with Gasteiger partial charge in [-0.05, 0) is 23.8 Å². The van der Waals surface area contributed by atoms with Gasteiger partial charge < -0.3 is 19.9 Å². The maximum absolute atomic E-state index is 13.2. The summed E-state index contributed by atoms with van der Waals surface area (Å²) in [6, 6.07) is 14.2. The summed E-state index contributed by atoms with van der Waals surface area (Å²) in [6.45, 7) is 0.636. The smallest absolute Gasteiger partial charge is 0.291 e. The second-order valence-electron chi connectivity index (χ2n) is 8.16. The first-order valence-corrected chi connectivity index (χ1v) is 10.7. The minimum atomic E-state index is -0.909. The van der Waals surface area contributed by atoms with E-state index in [1.54, 1.807) is 19.2 Å². The highest BCUT2D eigenvalue weighted by atomic mass is 19.1. The molecule has 2 aliphatic rings. The van der Waals surface area contributed by atoms with Gasteiger partial charge in [0, 0.05) is 19.2 Å². The Kier molecular flexibility index (Phi) is 5.41. The second kappa shape index (κ2) is 8.53. The van der Waals surface area contributed by atoms with Crippen LogP contribution in [-0.2, 0) is 11.2 Å². The van der Waals surface area contributed by atoms with Crippen LogP contribution in [0.15, 0.2) is 48.5 Å². The van der Waals surface area contributed by atoms with E-state index in [-0.39, 0.29) is 18.3 Å². The molecule has 3 aromatic rings. The van der Waals surface area contributed by atoms with Gasteiger partial charge in [-0.2, -0.15) is 0 Å². The Bertz CT molecular complexity index is 1180. The van der Waals surface area contributed by atoms with Crippen LogP contribution in [0.1, 0.15) is 22.0 Å². The number of aromatic amines is 1. The third-order valence-corrected chi connectivity index (χ3v) is 5.79. The Morgan fingerprint density at radius 1 is 1.24 bits per heavy atom. The number of alkyl halides is 1. The van der Waals surface area contributed by atoms with Gasteiger partial charge in [0.1, 0.15) is 30.4 Å². The van der Waals surface area contributed by atoms with Crippen molar-refractivity contribution in [2.75, 3.05) is 36.5 Å². The van der Waals surface area contributed by atoms with E-state index in [1.165, 1.54) is 4.90 Å². The molecule has 5 rings (SSSR count). The summed E-state index contributed by atoms with van der Waals surface area (Å²) in [6.07, 6.45) is -0.324. The van der Waals surface area contributed by atoms with Crippen LogP contribution in [0.3, 0.4) is 0 Å². The highest BCUT2D eigenvalue weighted by Gasteiger charge is 2.33. The number of amides is 2. The van der Waals surface area contributed by atoms with Crippen molar-refractivity contribution < 1.29 is 18.7 Å². The molecule has 1 saturated heterocycles. The Balaban J connectivity index is 1.26. The van der Waals surface area contributed by atoms with Crippen LogP contribution in [0, 0.1) is 0 Å². The molecule has 0 spiro atoms. The molecule has 0 bridgehead atoms. The molecule has 10 heteroatoms. The van der Waals surface area contributed by atoms with Gasteiger partial charge >= 0.3 is 0 Å². The number of aromatic nitrogens is 3. The van der Waals surface area contributed by atoms with E-state index in [1.807, 2.05) is 41.3 Å². The molecule has 2 N–H and O–H groups in total. The van der Waals surface area contributed by atoms with Crippen molar-refractivity contribution in [3.05, 3.63) is 65.7 Å². The van der Waals surface area contributed by atoms with Crippen molar-refractivity contribution in [2.45, 2.75) is 18.6 Å². The third kappa shape index (κ3) is 4.23. The first-order chi connectivity index (χ1) is 16.0. The molecule has 2 amide bonds. The second-order valence-corrected chi connectivity index (χ2v) is 8.16. The molecular weight excluding hydrogens is 427 g/mol. The van der Waals surface area contributed by atoms with Gasteiger partial charge in [0.2, 0.25) is 5.82 Å². The summed E-state index contributed by atoms with van der Waals surface area (Å²) in [7, 11) is 1.62. The summed E-state index contributed by atoms with van der Waals surface area (Å²) < 4.78 is 19.0. The van der Waals surface area contributed by atoms with Crippen molar-refractivity contribution in [2.24, 2.45) is 0 Å². The third-order valence-electron chi connectivity index (χ3n) is 5.79. The van der Waals surface area contributed by atoms with Crippen molar-refractivity contribution in [1.82, 2.24) is 20.5 Å². The molecule has 0 aliphatic carbocycles. The van der Waals surface area contributed by atoms with Crippen LogP contribution in [-0.4, -0.2) is 66.0 Å². The number of hydrogen-bond donors (Lipinski definition) is 2. The van der Waals surface area contributed by atoms with Gasteiger partial charge in [-0.25, -0.2) is 9.37 Å². The zero-order chi connectivity index (χ0) is 22.9. The summed E-state index contributed by atoms with van der Waals surface area (Å²) in [5.41, 5.74) is 2.42. The topological polar surface area (TPSA) is 103 Å². The molecule has 0 unspecified atom stereocenters. The standard InChI is InChI=1S/C23H23FN6O3/c1-29-18-10-16(30-11-15(24)12-30)7-8-19(18)33-13-17(23(29)32)25-22(31)21-26-20(27-28-21)9-14-5-3-2-4-6-14/h2-8,10,15,17H,9,11-13H2,1H3,(H,25,31)(H,26,27,28)/t17-/m0/s1. The first kappa shape index (κ1) is 20.9. The molecule has 1 fully saturated rings. The number of ether oxygens (including phenoxy) is 1. The number of nitrogens with zero attached hydrogens (tertiary/aromatic N) is 4.